The highest BCUT2D eigenvalue weighted by atomic mass is 35.5. The maximum absolute atomic E-state index is 5.70. The average Bonchev–Trinajstić information content (AvgIpc) is 2.54. The largest absolute Gasteiger partial charge is 0.362 e. The van der Waals surface area contributed by atoms with Gasteiger partial charge in [0.15, 0.2) is 17.3 Å². The third-order valence-corrected chi connectivity index (χ3v) is 2.30. The smallest absolute Gasteiger partial charge is 0.186 e. The van der Waals surface area contributed by atoms with E-state index in [4.69, 9.17) is 21.1 Å². The minimum absolute atomic E-state index is 0.308. The Hall–Kier alpha value is -0.430. The highest BCUT2D eigenvalue weighted by molar-refractivity contribution is 6.99. The Kier molecular flexibility index (Phi) is 4.37. The predicted octanol–water partition coefficient (Wildman–Crippen LogP) is 1.22. The first-order valence-corrected chi connectivity index (χ1v) is 4.66. The molecule has 0 amide bonds. The van der Waals surface area contributed by atoms with Gasteiger partial charge in [0.1, 0.15) is 0 Å². The molecule has 1 aromatic rings. The SMILES string of the molecule is COC(CNc1nsnc1Cl)OC. The van der Waals surface area contributed by atoms with E-state index in [-0.39, 0.29) is 6.29 Å². The molecule has 5 nitrogen and oxygen atoms in total. The molecule has 0 aromatic carbocycles. The average molecular weight is 224 g/mol. The number of hydrogen-bond acceptors (Lipinski definition) is 6. The van der Waals surface area contributed by atoms with Crippen LogP contribution in [-0.4, -0.2) is 35.8 Å². The van der Waals surface area contributed by atoms with E-state index in [0.717, 1.165) is 11.7 Å². The maximum Gasteiger partial charge on any atom is 0.186 e. The zero-order valence-corrected chi connectivity index (χ0v) is 8.85. The number of nitrogens with one attached hydrogen (secondary N) is 1. The van der Waals surface area contributed by atoms with E-state index < -0.39 is 0 Å². The van der Waals surface area contributed by atoms with E-state index in [0.29, 0.717) is 17.5 Å². The predicted molar refractivity (Wildman–Crippen MR) is 51.2 cm³/mol. The second kappa shape index (κ2) is 5.33. The highest BCUT2D eigenvalue weighted by Gasteiger charge is 2.08. The van der Waals surface area contributed by atoms with E-state index in [1.165, 1.54) is 0 Å². The van der Waals surface area contributed by atoms with Gasteiger partial charge in [-0.3, -0.25) is 0 Å². The van der Waals surface area contributed by atoms with Crippen molar-refractivity contribution in [2.45, 2.75) is 6.29 Å². The van der Waals surface area contributed by atoms with Gasteiger partial charge >= 0.3 is 0 Å². The lowest BCUT2D eigenvalue weighted by atomic mass is 10.6. The molecule has 0 unspecified atom stereocenters. The fraction of sp³-hybridized carbons (Fsp3) is 0.667. The third-order valence-electron chi connectivity index (χ3n) is 1.41. The number of hydrogen-bond donors (Lipinski definition) is 1. The molecule has 0 atom stereocenters. The number of ether oxygens (including phenoxy) is 2. The quantitative estimate of drug-likeness (QED) is 0.761. The van der Waals surface area contributed by atoms with Crippen molar-refractivity contribution in [3.8, 4) is 0 Å². The topological polar surface area (TPSA) is 56.3 Å². The van der Waals surface area contributed by atoms with Gasteiger partial charge in [0, 0.05) is 14.2 Å². The summed E-state index contributed by atoms with van der Waals surface area (Å²) in [4.78, 5) is 0. The minimum Gasteiger partial charge on any atom is -0.362 e. The van der Waals surface area contributed by atoms with Crippen molar-refractivity contribution in [3.63, 3.8) is 0 Å². The number of nitrogens with zero attached hydrogens (tertiary/aromatic N) is 2. The van der Waals surface area contributed by atoms with Gasteiger partial charge in [0.25, 0.3) is 0 Å². The molecule has 7 heteroatoms. The van der Waals surface area contributed by atoms with Crippen LogP contribution in [0.3, 0.4) is 0 Å². The van der Waals surface area contributed by atoms with Crippen LogP contribution in [0.15, 0.2) is 0 Å². The van der Waals surface area contributed by atoms with Gasteiger partial charge in [0.05, 0.1) is 18.3 Å². The van der Waals surface area contributed by atoms with E-state index in [1.807, 2.05) is 0 Å². The number of rotatable bonds is 5. The maximum atomic E-state index is 5.70. The molecule has 0 aliphatic carbocycles. The monoisotopic (exact) mass is 223 g/mol. The van der Waals surface area contributed by atoms with Gasteiger partial charge in [-0.25, -0.2) is 0 Å². The molecule has 0 bridgehead atoms. The summed E-state index contributed by atoms with van der Waals surface area (Å²) in [5.74, 6) is 0.561. The van der Waals surface area contributed by atoms with Gasteiger partial charge in [-0.1, -0.05) is 11.6 Å². The zero-order valence-electron chi connectivity index (χ0n) is 7.28. The van der Waals surface area contributed by atoms with E-state index in [1.54, 1.807) is 14.2 Å². The van der Waals surface area contributed by atoms with Crippen molar-refractivity contribution < 1.29 is 9.47 Å². The lowest BCUT2D eigenvalue weighted by Gasteiger charge is -2.13. The van der Waals surface area contributed by atoms with Gasteiger partial charge < -0.3 is 14.8 Å². The van der Waals surface area contributed by atoms with Crippen LogP contribution in [0.4, 0.5) is 5.82 Å². The Morgan fingerprint density at radius 3 is 2.62 bits per heavy atom. The summed E-state index contributed by atoms with van der Waals surface area (Å²) in [7, 11) is 3.13. The highest BCUT2D eigenvalue weighted by Crippen LogP contribution is 2.17. The van der Waals surface area contributed by atoms with Gasteiger partial charge in [-0.15, -0.1) is 0 Å². The van der Waals surface area contributed by atoms with Crippen LogP contribution >= 0.6 is 23.3 Å². The van der Waals surface area contributed by atoms with Crippen molar-refractivity contribution in [1.82, 2.24) is 8.75 Å². The fourth-order valence-corrected chi connectivity index (χ4v) is 1.41. The van der Waals surface area contributed by atoms with Crippen LogP contribution in [-0.2, 0) is 9.47 Å². The first kappa shape index (κ1) is 10.6. The molecule has 0 aliphatic heterocycles. The summed E-state index contributed by atoms with van der Waals surface area (Å²) in [6, 6.07) is 0. The molecule has 13 heavy (non-hydrogen) atoms. The number of aromatic nitrogens is 2. The van der Waals surface area contributed by atoms with Gasteiger partial charge in [-0.2, -0.15) is 8.75 Å². The molecular formula is C6H10ClN3O2S. The summed E-state index contributed by atoms with van der Waals surface area (Å²) in [5, 5.41) is 3.32. The Labute approximate surface area is 85.3 Å². The Bertz CT molecular complexity index is 254. The number of methoxy groups -OCH3 is 2. The first-order chi connectivity index (χ1) is 6.27. The molecule has 0 saturated heterocycles. The lowest BCUT2D eigenvalue weighted by Crippen LogP contribution is -2.23. The third kappa shape index (κ3) is 3.07. The standard InChI is InChI=1S/C6H10ClN3O2S/c1-11-4(12-2)3-8-6-5(7)9-13-10-6/h4H,3H2,1-2H3,(H,8,10). The fourth-order valence-electron chi connectivity index (χ4n) is 0.726. The molecule has 0 fully saturated rings. The van der Waals surface area contributed by atoms with Crippen LogP contribution in [0, 0.1) is 0 Å². The molecule has 0 saturated carbocycles. The van der Waals surface area contributed by atoms with Crippen LogP contribution in [0.5, 0.6) is 0 Å². The first-order valence-electron chi connectivity index (χ1n) is 3.55. The number of anilines is 1. The minimum atomic E-state index is -0.308. The Morgan fingerprint density at radius 2 is 2.15 bits per heavy atom. The van der Waals surface area contributed by atoms with E-state index in [9.17, 15) is 0 Å². The number of halogens is 1. The lowest BCUT2D eigenvalue weighted by molar-refractivity contribution is -0.0914. The second-order valence-electron chi connectivity index (χ2n) is 2.19. The van der Waals surface area contributed by atoms with Crippen molar-refractivity contribution in [2.75, 3.05) is 26.1 Å². The summed E-state index contributed by atoms with van der Waals surface area (Å²) in [6.45, 7) is 0.484. The van der Waals surface area contributed by atoms with Crippen molar-refractivity contribution in [1.29, 1.82) is 0 Å². The molecule has 0 spiro atoms. The molecule has 1 N–H and O–H groups in total. The summed E-state index contributed by atoms with van der Waals surface area (Å²) >= 11 is 6.76. The van der Waals surface area contributed by atoms with Gasteiger partial charge in [0.2, 0.25) is 0 Å². The molecule has 1 heterocycles. The van der Waals surface area contributed by atoms with Crippen LogP contribution < -0.4 is 5.32 Å². The van der Waals surface area contributed by atoms with E-state index in [2.05, 4.69) is 14.1 Å². The molecule has 1 rings (SSSR count). The second-order valence-corrected chi connectivity index (χ2v) is 3.07. The Morgan fingerprint density at radius 1 is 1.46 bits per heavy atom. The zero-order chi connectivity index (χ0) is 9.68. The summed E-state index contributed by atoms with van der Waals surface area (Å²) in [5.41, 5.74) is 0. The molecule has 74 valence electrons. The van der Waals surface area contributed by atoms with Crippen molar-refractivity contribution in [3.05, 3.63) is 5.15 Å². The van der Waals surface area contributed by atoms with Crippen LogP contribution in [0.1, 0.15) is 0 Å². The van der Waals surface area contributed by atoms with Crippen molar-refractivity contribution >= 4 is 29.1 Å². The molecular weight excluding hydrogens is 214 g/mol. The molecule has 0 aliphatic rings. The summed E-state index contributed by atoms with van der Waals surface area (Å²) in [6.07, 6.45) is -0.308. The Balaban J connectivity index is 2.38. The normalized spacial score (nSPS) is 10.8. The van der Waals surface area contributed by atoms with Crippen molar-refractivity contribution in [2.24, 2.45) is 0 Å². The summed E-state index contributed by atoms with van der Waals surface area (Å²) < 4.78 is 17.7. The van der Waals surface area contributed by atoms with Crippen LogP contribution in [0.2, 0.25) is 5.15 Å². The van der Waals surface area contributed by atoms with Crippen LogP contribution in [0.25, 0.3) is 0 Å². The molecule has 0 radical (unpaired) electrons. The van der Waals surface area contributed by atoms with Gasteiger partial charge in [-0.05, 0) is 0 Å². The van der Waals surface area contributed by atoms with E-state index >= 15 is 0 Å². The molecule has 1 aromatic heterocycles.